The van der Waals surface area contributed by atoms with Gasteiger partial charge in [0.05, 0.1) is 12.6 Å². The van der Waals surface area contributed by atoms with Crippen molar-refractivity contribution in [3.8, 4) is 11.5 Å². The predicted molar refractivity (Wildman–Crippen MR) is 120 cm³/mol. The summed E-state index contributed by atoms with van der Waals surface area (Å²) >= 11 is 0. The van der Waals surface area contributed by atoms with E-state index in [1.807, 2.05) is 6.07 Å². The van der Waals surface area contributed by atoms with Gasteiger partial charge < -0.3 is 19.3 Å². The zero-order valence-electron chi connectivity index (χ0n) is 18.8. The first-order chi connectivity index (χ1) is 15.2. The highest BCUT2D eigenvalue weighted by Crippen LogP contribution is 2.38. The molecule has 1 aromatic rings. The molecule has 0 N–H and O–H groups in total. The molecular formula is C24H36N4O3. The fraction of sp³-hybridized carbons (Fsp3) is 0.708. The fourth-order valence-electron chi connectivity index (χ4n) is 5.68. The molecule has 170 valence electrons. The van der Waals surface area contributed by atoms with Crippen LogP contribution in [0.15, 0.2) is 18.2 Å². The molecular weight excluding hydrogens is 392 g/mol. The van der Waals surface area contributed by atoms with Crippen LogP contribution in [0.3, 0.4) is 0 Å². The van der Waals surface area contributed by atoms with Crippen LogP contribution >= 0.6 is 0 Å². The lowest BCUT2D eigenvalue weighted by molar-refractivity contribution is -0.134. The summed E-state index contributed by atoms with van der Waals surface area (Å²) in [6.07, 6.45) is 4.70. The van der Waals surface area contributed by atoms with E-state index < -0.39 is 0 Å². The zero-order valence-corrected chi connectivity index (χ0v) is 18.8. The van der Waals surface area contributed by atoms with E-state index in [-0.39, 0.29) is 11.9 Å². The average molecular weight is 429 g/mol. The topological polar surface area (TPSA) is 48.5 Å². The van der Waals surface area contributed by atoms with Gasteiger partial charge in [0.15, 0.2) is 11.5 Å². The number of ether oxygens (including phenoxy) is 2. The molecule has 0 aromatic heterocycles. The predicted octanol–water partition coefficient (Wildman–Crippen LogP) is 1.83. The number of fused-ring (bicyclic) bond motifs is 1. The Kier molecular flexibility index (Phi) is 6.34. The number of piperidine rings is 1. The first-order valence-electron chi connectivity index (χ1n) is 12.0. The van der Waals surface area contributed by atoms with Crippen molar-refractivity contribution in [3.05, 3.63) is 23.8 Å². The molecule has 1 amide bonds. The number of amides is 1. The summed E-state index contributed by atoms with van der Waals surface area (Å²) in [6.45, 7) is 9.15. The van der Waals surface area contributed by atoms with Gasteiger partial charge in [0.25, 0.3) is 0 Å². The number of likely N-dealkylation sites (tertiary alicyclic amines) is 2. The monoisotopic (exact) mass is 428 g/mol. The van der Waals surface area contributed by atoms with E-state index in [4.69, 9.17) is 9.47 Å². The standard InChI is InChI=1S/C24H36N4O3/c1-25-8-2-4-20(17-25)27-12-10-26(11-13-27)18-24(29)28-9-3-5-21(28)19-6-7-22-23(16-19)31-15-14-30-22/h6-7,16,20-21H,2-5,8-15,17-18H2,1H3. The van der Waals surface area contributed by atoms with Crippen LogP contribution in [0.5, 0.6) is 11.5 Å². The van der Waals surface area contributed by atoms with Crippen LogP contribution in [0.25, 0.3) is 0 Å². The van der Waals surface area contributed by atoms with Crippen molar-refractivity contribution in [2.24, 2.45) is 0 Å². The van der Waals surface area contributed by atoms with E-state index >= 15 is 0 Å². The Morgan fingerprint density at radius 1 is 0.968 bits per heavy atom. The molecule has 3 saturated heterocycles. The largest absolute Gasteiger partial charge is 0.486 e. The number of benzene rings is 1. The number of carbonyl (C=O) groups is 1. The van der Waals surface area contributed by atoms with Crippen LogP contribution in [0.1, 0.15) is 37.3 Å². The number of carbonyl (C=O) groups excluding carboxylic acids is 1. The van der Waals surface area contributed by atoms with Crippen molar-refractivity contribution in [1.82, 2.24) is 19.6 Å². The van der Waals surface area contributed by atoms with Gasteiger partial charge >= 0.3 is 0 Å². The Hall–Kier alpha value is -1.83. The number of hydrogen-bond acceptors (Lipinski definition) is 6. The van der Waals surface area contributed by atoms with Gasteiger partial charge in [0, 0.05) is 45.3 Å². The SMILES string of the molecule is CN1CCCC(N2CCN(CC(=O)N3CCCC3c3ccc4c(c3)OCCO4)CC2)C1. The fourth-order valence-corrected chi connectivity index (χ4v) is 5.68. The van der Waals surface area contributed by atoms with Gasteiger partial charge in [0.2, 0.25) is 5.91 Å². The molecule has 0 radical (unpaired) electrons. The summed E-state index contributed by atoms with van der Waals surface area (Å²) < 4.78 is 11.4. The average Bonchev–Trinajstić information content (AvgIpc) is 3.29. The second-order valence-electron chi connectivity index (χ2n) is 9.52. The Morgan fingerprint density at radius 3 is 2.55 bits per heavy atom. The molecule has 2 unspecified atom stereocenters. The molecule has 2 atom stereocenters. The molecule has 0 bridgehead atoms. The van der Waals surface area contributed by atoms with E-state index in [0.717, 1.165) is 57.1 Å². The van der Waals surface area contributed by atoms with Gasteiger partial charge in [-0.15, -0.1) is 0 Å². The van der Waals surface area contributed by atoms with Crippen molar-refractivity contribution in [2.75, 3.05) is 72.6 Å². The van der Waals surface area contributed by atoms with Crippen LogP contribution < -0.4 is 9.47 Å². The second-order valence-corrected chi connectivity index (χ2v) is 9.52. The van der Waals surface area contributed by atoms with Crippen LogP contribution in [-0.2, 0) is 4.79 Å². The molecule has 0 aliphatic carbocycles. The molecule has 7 nitrogen and oxygen atoms in total. The molecule has 7 heteroatoms. The summed E-state index contributed by atoms with van der Waals surface area (Å²) in [5.41, 5.74) is 1.17. The number of piperazine rings is 1. The second kappa shape index (κ2) is 9.35. The Bertz CT molecular complexity index is 780. The molecule has 31 heavy (non-hydrogen) atoms. The third-order valence-electron chi connectivity index (χ3n) is 7.41. The zero-order chi connectivity index (χ0) is 21.2. The van der Waals surface area contributed by atoms with Crippen molar-refractivity contribution in [3.63, 3.8) is 0 Å². The molecule has 4 heterocycles. The van der Waals surface area contributed by atoms with E-state index in [0.29, 0.717) is 25.8 Å². The van der Waals surface area contributed by atoms with Crippen molar-refractivity contribution in [1.29, 1.82) is 0 Å². The lowest BCUT2D eigenvalue weighted by Gasteiger charge is -2.42. The third-order valence-corrected chi connectivity index (χ3v) is 7.41. The maximum atomic E-state index is 13.2. The van der Waals surface area contributed by atoms with Crippen LogP contribution in [-0.4, -0.2) is 104 Å². The molecule has 4 aliphatic rings. The van der Waals surface area contributed by atoms with E-state index in [2.05, 4.69) is 38.8 Å². The summed E-state index contributed by atoms with van der Waals surface area (Å²) in [4.78, 5) is 22.8. The summed E-state index contributed by atoms with van der Waals surface area (Å²) in [5, 5.41) is 0. The summed E-state index contributed by atoms with van der Waals surface area (Å²) in [5.74, 6) is 1.89. The molecule has 5 rings (SSSR count). The number of nitrogens with zero attached hydrogens (tertiary/aromatic N) is 4. The molecule has 4 aliphatic heterocycles. The van der Waals surface area contributed by atoms with Crippen molar-refractivity contribution >= 4 is 5.91 Å². The van der Waals surface area contributed by atoms with Gasteiger partial charge in [-0.2, -0.15) is 0 Å². The first-order valence-corrected chi connectivity index (χ1v) is 12.0. The maximum absolute atomic E-state index is 13.2. The lowest BCUT2D eigenvalue weighted by atomic mass is 10.0. The van der Waals surface area contributed by atoms with Gasteiger partial charge in [-0.1, -0.05) is 6.07 Å². The van der Waals surface area contributed by atoms with E-state index in [1.54, 1.807) is 0 Å². The Morgan fingerprint density at radius 2 is 1.74 bits per heavy atom. The summed E-state index contributed by atoms with van der Waals surface area (Å²) in [6, 6.07) is 7.01. The number of likely N-dealkylation sites (N-methyl/N-ethyl adjacent to an activating group) is 1. The van der Waals surface area contributed by atoms with E-state index in [1.165, 1.54) is 31.5 Å². The first kappa shape index (κ1) is 21.0. The maximum Gasteiger partial charge on any atom is 0.237 e. The Balaban J connectivity index is 1.16. The molecule has 3 fully saturated rings. The smallest absolute Gasteiger partial charge is 0.237 e. The van der Waals surface area contributed by atoms with E-state index in [9.17, 15) is 4.79 Å². The highest BCUT2D eigenvalue weighted by molar-refractivity contribution is 5.79. The van der Waals surface area contributed by atoms with Gasteiger partial charge in [-0.05, 0) is 57.0 Å². The van der Waals surface area contributed by atoms with Gasteiger partial charge in [-0.3, -0.25) is 14.6 Å². The normalized spacial score (nSPS) is 28.1. The molecule has 0 saturated carbocycles. The highest BCUT2D eigenvalue weighted by atomic mass is 16.6. The number of rotatable bonds is 4. The number of hydrogen-bond donors (Lipinski definition) is 0. The quantitative estimate of drug-likeness (QED) is 0.729. The van der Waals surface area contributed by atoms with Crippen LogP contribution in [0, 0.1) is 0 Å². The Labute approximate surface area is 185 Å². The third kappa shape index (κ3) is 4.69. The van der Waals surface area contributed by atoms with Gasteiger partial charge in [0.1, 0.15) is 13.2 Å². The minimum absolute atomic E-state index is 0.155. The van der Waals surface area contributed by atoms with Crippen molar-refractivity contribution < 1.29 is 14.3 Å². The van der Waals surface area contributed by atoms with Crippen LogP contribution in [0.2, 0.25) is 0 Å². The lowest BCUT2D eigenvalue weighted by Crippen LogP contribution is -2.55. The molecule has 0 spiro atoms. The summed E-state index contributed by atoms with van der Waals surface area (Å²) in [7, 11) is 2.23. The minimum atomic E-state index is 0.155. The van der Waals surface area contributed by atoms with Gasteiger partial charge in [-0.25, -0.2) is 0 Å². The molecule has 1 aromatic carbocycles. The minimum Gasteiger partial charge on any atom is -0.486 e. The van der Waals surface area contributed by atoms with Crippen LogP contribution in [0.4, 0.5) is 0 Å². The van der Waals surface area contributed by atoms with Crippen molar-refractivity contribution in [2.45, 2.75) is 37.8 Å². The highest BCUT2D eigenvalue weighted by Gasteiger charge is 2.33.